The minimum Gasteiger partial charge on any atom is -0.207 e. The van der Waals surface area contributed by atoms with Crippen molar-refractivity contribution in [3.63, 3.8) is 0 Å². The highest BCUT2D eigenvalue weighted by Crippen LogP contribution is 2.28. The third kappa shape index (κ3) is 2.55. The molecule has 0 N–H and O–H groups in total. The van der Waals surface area contributed by atoms with Gasteiger partial charge in [0.05, 0.1) is 0 Å². The van der Waals surface area contributed by atoms with Gasteiger partial charge in [-0.2, -0.15) is 0 Å². The van der Waals surface area contributed by atoms with Gasteiger partial charge in [0, 0.05) is 0 Å². The van der Waals surface area contributed by atoms with Gasteiger partial charge in [-0.15, -0.1) is 0 Å². The van der Waals surface area contributed by atoms with Crippen LogP contribution in [-0.4, -0.2) is 0 Å². The first-order valence-electron chi connectivity index (χ1n) is 5.84. The zero-order valence-corrected chi connectivity index (χ0v) is 10.5. The van der Waals surface area contributed by atoms with Crippen molar-refractivity contribution in [2.75, 3.05) is 0 Å². The summed E-state index contributed by atoms with van der Waals surface area (Å²) in [4.78, 5) is 0. The van der Waals surface area contributed by atoms with Crippen molar-refractivity contribution in [3.8, 4) is 11.1 Å². The second kappa shape index (κ2) is 4.33. The van der Waals surface area contributed by atoms with Crippen LogP contribution >= 0.6 is 0 Å². The van der Waals surface area contributed by atoms with Crippen LogP contribution in [0.15, 0.2) is 48.5 Å². The van der Waals surface area contributed by atoms with E-state index in [0.717, 1.165) is 16.7 Å². The quantitative estimate of drug-likeness (QED) is 0.658. The van der Waals surface area contributed by atoms with E-state index in [1.165, 1.54) is 0 Å². The van der Waals surface area contributed by atoms with Crippen molar-refractivity contribution in [2.45, 2.75) is 26.2 Å². The number of rotatable bonds is 1. The summed E-state index contributed by atoms with van der Waals surface area (Å²) in [6.45, 7) is 6.06. The minimum absolute atomic E-state index is 0.126. The molecule has 0 aliphatic heterocycles. The lowest BCUT2D eigenvalue weighted by Crippen LogP contribution is -2.13. The fourth-order valence-electron chi connectivity index (χ4n) is 1.93. The molecule has 17 heavy (non-hydrogen) atoms. The van der Waals surface area contributed by atoms with E-state index in [9.17, 15) is 4.39 Å². The highest BCUT2D eigenvalue weighted by atomic mass is 19.1. The zero-order chi connectivity index (χ0) is 12.5. The van der Waals surface area contributed by atoms with Gasteiger partial charge >= 0.3 is 0 Å². The number of hydrogen-bond acceptors (Lipinski definition) is 0. The SMILES string of the molecule is CC(C)(C)c1ccc(-c2ccccc2)cc1F. The van der Waals surface area contributed by atoms with Crippen LogP contribution in [0.3, 0.4) is 0 Å². The summed E-state index contributed by atoms with van der Waals surface area (Å²) < 4.78 is 14.0. The Kier molecular flexibility index (Phi) is 3.01. The lowest BCUT2D eigenvalue weighted by atomic mass is 9.85. The van der Waals surface area contributed by atoms with Crippen LogP contribution in [0.25, 0.3) is 11.1 Å². The molecule has 2 aromatic rings. The first-order chi connectivity index (χ1) is 7.98. The summed E-state index contributed by atoms with van der Waals surface area (Å²) in [6.07, 6.45) is 0. The fourth-order valence-corrected chi connectivity index (χ4v) is 1.93. The number of hydrogen-bond donors (Lipinski definition) is 0. The van der Waals surface area contributed by atoms with E-state index >= 15 is 0 Å². The molecule has 0 atom stereocenters. The summed E-state index contributed by atoms with van der Waals surface area (Å²) in [7, 11) is 0. The van der Waals surface area contributed by atoms with Gasteiger partial charge < -0.3 is 0 Å². The van der Waals surface area contributed by atoms with Crippen molar-refractivity contribution in [3.05, 3.63) is 59.9 Å². The van der Waals surface area contributed by atoms with Crippen LogP contribution in [0, 0.1) is 5.82 Å². The topological polar surface area (TPSA) is 0 Å². The smallest absolute Gasteiger partial charge is 0.127 e. The maximum atomic E-state index is 14.0. The number of halogens is 1. The highest BCUT2D eigenvalue weighted by molar-refractivity contribution is 5.63. The summed E-state index contributed by atoms with van der Waals surface area (Å²) in [5.74, 6) is -0.126. The van der Waals surface area contributed by atoms with E-state index in [0.29, 0.717) is 0 Å². The van der Waals surface area contributed by atoms with Gasteiger partial charge in [0.25, 0.3) is 0 Å². The first-order valence-corrected chi connectivity index (χ1v) is 5.84. The molecule has 0 amide bonds. The summed E-state index contributed by atoms with van der Waals surface area (Å²) in [5.41, 5.74) is 2.58. The Hall–Kier alpha value is -1.63. The summed E-state index contributed by atoms with van der Waals surface area (Å²) in [6, 6.07) is 15.4. The average molecular weight is 228 g/mol. The minimum atomic E-state index is -0.153. The molecule has 0 saturated carbocycles. The summed E-state index contributed by atoms with van der Waals surface area (Å²) in [5, 5.41) is 0. The van der Waals surface area contributed by atoms with E-state index in [1.54, 1.807) is 6.07 Å². The van der Waals surface area contributed by atoms with Crippen LogP contribution in [0.4, 0.5) is 4.39 Å². The Morgan fingerprint density at radius 1 is 0.824 bits per heavy atom. The molecule has 0 heterocycles. The van der Waals surface area contributed by atoms with E-state index in [4.69, 9.17) is 0 Å². The predicted molar refractivity (Wildman–Crippen MR) is 70.5 cm³/mol. The van der Waals surface area contributed by atoms with Gasteiger partial charge in [0.2, 0.25) is 0 Å². The van der Waals surface area contributed by atoms with Crippen molar-refractivity contribution in [2.24, 2.45) is 0 Å². The predicted octanol–water partition coefficient (Wildman–Crippen LogP) is 4.79. The standard InChI is InChI=1S/C16H17F/c1-16(2,3)14-10-9-13(11-15(14)17)12-7-5-4-6-8-12/h4-11H,1-3H3. The third-order valence-electron chi connectivity index (χ3n) is 2.88. The lowest BCUT2D eigenvalue weighted by Gasteiger charge is -2.20. The molecule has 0 nitrogen and oxygen atoms in total. The van der Waals surface area contributed by atoms with Gasteiger partial charge in [-0.05, 0) is 28.2 Å². The Balaban J connectivity index is 2.45. The molecule has 0 aromatic heterocycles. The van der Waals surface area contributed by atoms with E-state index in [2.05, 4.69) is 0 Å². The van der Waals surface area contributed by atoms with Crippen LogP contribution in [0.2, 0.25) is 0 Å². The van der Waals surface area contributed by atoms with Crippen LogP contribution < -0.4 is 0 Å². The summed E-state index contributed by atoms with van der Waals surface area (Å²) >= 11 is 0. The van der Waals surface area contributed by atoms with Gasteiger partial charge in [-0.25, -0.2) is 4.39 Å². The Bertz CT molecular complexity index is 507. The van der Waals surface area contributed by atoms with Crippen LogP contribution in [0.1, 0.15) is 26.3 Å². The molecule has 0 unspecified atom stereocenters. The van der Waals surface area contributed by atoms with E-state index < -0.39 is 0 Å². The molecule has 2 aromatic carbocycles. The molecule has 1 heteroatoms. The monoisotopic (exact) mass is 228 g/mol. The molecule has 0 saturated heterocycles. The Labute approximate surface area is 102 Å². The molecule has 0 fully saturated rings. The average Bonchev–Trinajstić information content (AvgIpc) is 2.28. The van der Waals surface area contributed by atoms with Gasteiger partial charge in [0.1, 0.15) is 5.82 Å². The molecular formula is C16H17F. The van der Waals surface area contributed by atoms with Gasteiger partial charge in [0.15, 0.2) is 0 Å². The molecule has 0 bridgehead atoms. The van der Waals surface area contributed by atoms with Crippen molar-refractivity contribution < 1.29 is 4.39 Å². The maximum absolute atomic E-state index is 14.0. The molecular weight excluding hydrogens is 211 g/mol. The first kappa shape index (κ1) is 11.8. The van der Waals surface area contributed by atoms with Crippen LogP contribution in [0.5, 0.6) is 0 Å². The Morgan fingerprint density at radius 3 is 2.00 bits per heavy atom. The van der Waals surface area contributed by atoms with Crippen molar-refractivity contribution in [1.82, 2.24) is 0 Å². The second-order valence-corrected chi connectivity index (χ2v) is 5.31. The molecule has 2 rings (SSSR count). The second-order valence-electron chi connectivity index (χ2n) is 5.31. The Morgan fingerprint density at radius 2 is 1.47 bits per heavy atom. The van der Waals surface area contributed by atoms with Crippen molar-refractivity contribution in [1.29, 1.82) is 0 Å². The zero-order valence-electron chi connectivity index (χ0n) is 10.5. The molecule has 0 aliphatic carbocycles. The fraction of sp³-hybridized carbons (Fsp3) is 0.250. The third-order valence-corrected chi connectivity index (χ3v) is 2.88. The number of benzene rings is 2. The normalized spacial score (nSPS) is 11.5. The van der Waals surface area contributed by atoms with Crippen LogP contribution in [-0.2, 0) is 5.41 Å². The molecule has 0 spiro atoms. The molecule has 0 aliphatic rings. The lowest BCUT2D eigenvalue weighted by molar-refractivity contribution is 0.523. The van der Waals surface area contributed by atoms with Gasteiger partial charge in [-0.1, -0.05) is 63.2 Å². The highest BCUT2D eigenvalue weighted by Gasteiger charge is 2.18. The maximum Gasteiger partial charge on any atom is 0.127 e. The largest absolute Gasteiger partial charge is 0.207 e. The molecule has 88 valence electrons. The van der Waals surface area contributed by atoms with Crippen molar-refractivity contribution >= 4 is 0 Å². The van der Waals surface area contributed by atoms with E-state index in [1.807, 2.05) is 63.2 Å². The van der Waals surface area contributed by atoms with E-state index in [-0.39, 0.29) is 11.2 Å². The molecule has 0 radical (unpaired) electrons. The van der Waals surface area contributed by atoms with Gasteiger partial charge in [-0.3, -0.25) is 0 Å².